The summed E-state index contributed by atoms with van der Waals surface area (Å²) in [5.74, 6) is 0.432. The Hall–Kier alpha value is -0.120. The highest BCUT2D eigenvalue weighted by Gasteiger charge is 2.30. The third kappa shape index (κ3) is 1.92. The minimum atomic E-state index is -0.101. The van der Waals surface area contributed by atoms with Crippen molar-refractivity contribution in [1.82, 2.24) is 0 Å². The maximum absolute atomic E-state index is 5.87. The van der Waals surface area contributed by atoms with E-state index in [0.717, 1.165) is 6.42 Å². The van der Waals surface area contributed by atoms with Crippen molar-refractivity contribution in [1.29, 1.82) is 0 Å². The Labute approximate surface area is 67.9 Å². The van der Waals surface area contributed by atoms with Crippen molar-refractivity contribution in [3.63, 3.8) is 0 Å². The molecule has 1 heterocycles. The van der Waals surface area contributed by atoms with Crippen LogP contribution in [0, 0.1) is 5.92 Å². The largest absolute Gasteiger partial charge is 0.356 e. The molecule has 1 fully saturated rings. The standard InChI is InChI=1S/C8H17NO2/c1-5-6(2)11-8(10-3)4-7(5)9/h5-8H,4,9H2,1-3H3/t5-,6+,7+,8-/m1/s1. The van der Waals surface area contributed by atoms with Crippen LogP contribution < -0.4 is 5.73 Å². The van der Waals surface area contributed by atoms with Crippen molar-refractivity contribution < 1.29 is 9.47 Å². The number of hydrogen-bond donors (Lipinski definition) is 1. The van der Waals surface area contributed by atoms with Crippen molar-refractivity contribution in [2.75, 3.05) is 7.11 Å². The lowest BCUT2D eigenvalue weighted by atomic mass is 9.92. The maximum atomic E-state index is 5.87. The van der Waals surface area contributed by atoms with Crippen molar-refractivity contribution in [2.45, 2.75) is 38.7 Å². The van der Waals surface area contributed by atoms with Crippen molar-refractivity contribution in [3.8, 4) is 0 Å². The fraction of sp³-hybridized carbons (Fsp3) is 1.00. The van der Waals surface area contributed by atoms with Gasteiger partial charge in [-0.15, -0.1) is 0 Å². The first-order chi connectivity index (χ1) is 5.15. The molecule has 66 valence electrons. The molecular formula is C8H17NO2. The van der Waals surface area contributed by atoms with Crippen LogP contribution in [0.15, 0.2) is 0 Å². The van der Waals surface area contributed by atoms with Gasteiger partial charge < -0.3 is 15.2 Å². The van der Waals surface area contributed by atoms with Gasteiger partial charge in [0.05, 0.1) is 6.10 Å². The molecule has 0 spiro atoms. The van der Waals surface area contributed by atoms with Crippen LogP contribution in [0.5, 0.6) is 0 Å². The minimum absolute atomic E-state index is 0.101. The van der Waals surface area contributed by atoms with Crippen LogP contribution in [-0.2, 0) is 9.47 Å². The van der Waals surface area contributed by atoms with Gasteiger partial charge in [-0.25, -0.2) is 0 Å². The van der Waals surface area contributed by atoms with E-state index in [2.05, 4.69) is 6.92 Å². The molecular weight excluding hydrogens is 142 g/mol. The highest BCUT2D eigenvalue weighted by molar-refractivity contribution is 4.80. The first-order valence-corrected chi connectivity index (χ1v) is 4.09. The molecule has 0 saturated carbocycles. The first-order valence-electron chi connectivity index (χ1n) is 4.09. The third-order valence-corrected chi connectivity index (χ3v) is 2.51. The minimum Gasteiger partial charge on any atom is -0.356 e. The van der Waals surface area contributed by atoms with Crippen LogP contribution in [0.2, 0.25) is 0 Å². The fourth-order valence-electron chi connectivity index (χ4n) is 1.36. The Morgan fingerprint density at radius 3 is 2.55 bits per heavy atom. The zero-order valence-corrected chi connectivity index (χ0v) is 7.41. The number of ether oxygens (including phenoxy) is 2. The number of nitrogens with two attached hydrogens (primary N) is 1. The second-order valence-electron chi connectivity index (χ2n) is 3.27. The summed E-state index contributed by atoms with van der Waals surface area (Å²) >= 11 is 0. The van der Waals surface area contributed by atoms with Crippen LogP contribution >= 0.6 is 0 Å². The molecule has 0 aromatic rings. The summed E-state index contributed by atoms with van der Waals surface area (Å²) in [6, 6.07) is 0.212. The molecule has 4 atom stereocenters. The molecule has 1 rings (SSSR count). The lowest BCUT2D eigenvalue weighted by Gasteiger charge is -2.36. The van der Waals surface area contributed by atoms with E-state index in [1.807, 2.05) is 6.92 Å². The Balaban J connectivity index is 2.47. The summed E-state index contributed by atoms with van der Waals surface area (Å²) in [5.41, 5.74) is 5.87. The Bertz CT molecular complexity index is 117. The van der Waals surface area contributed by atoms with E-state index < -0.39 is 0 Å². The third-order valence-electron chi connectivity index (χ3n) is 2.51. The molecule has 0 unspecified atom stereocenters. The number of methoxy groups -OCH3 is 1. The smallest absolute Gasteiger partial charge is 0.159 e. The second kappa shape index (κ2) is 3.52. The van der Waals surface area contributed by atoms with Crippen LogP contribution in [0.25, 0.3) is 0 Å². The summed E-state index contributed by atoms with van der Waals surface area (Å²) in [6.07, 6.45) is 0.919. The zero-order valence-electron chi connectivity index (χ0n) is 7.41. The normalized spacial score (nSPS) is 45.8. The monoisotopic (exact) mass is 159 g/mol. The lowest BCUT2D eigenvalue weighted by molar-refractivity contribution is -0.194. The van der Waals surface area contributed by atoms with E-state index in [4.69, 9.17) is 15.2 Å². The molecule has 0 aromatic heterocycles. The molecule has 3 nitrogen and oxygen atoms in total. The molecule has 11 heavy (non-hydrogen) atoms. The summed E-state index contributed by atoms with van der Waals surface area (Å²) in [4.78, 5) is 0. The van der Waals surface area contributed by atoms with Gasteiger partial charge in [-0.2, -0.15) is 0 Å². The first kappa shape index (κ1) is 8.97. The van der Waals surface area contributed by atoms with Gasteiger partial charge in [0.15, 0.2) is 6.29 Å². The topological polar surface area (TPSA) is 44.5 Å². The molecule has 0 aromatic carbocycles. The Kier molecular flexibility index (Phi) is 2.87. The van der Waals surface area contributed by atoms with Crippen LogP contribution in [0.1, 0.15) is 20.3 Å². The molecule has 0 radical (unpaired) electrons. The lowest BCUT2D eigenvalue weighted by Crippen LogP contribution is -2.46. The van der Waals surface area contributed by atoms with E-state index in [0.29, 0.717) is 5.92 Å². The van der Waals surface area contributed by atoms with Gasteiger partial charge in [0.2, 0.25) is 0 Å². The van der Waals surface area contributed by atoms with Gasteiger partial charge in [0, 0.05) is 19.6 Å². The van der Waals surface area contributed by atoms with Crippen molar-refractivity contribution in [3.05, 3.63) is 0 Å². The number of hydrogen-bond acceptors (Lipinski definition) is 3. The molecule has 0 amide bonds. The summed E-state index contributed by atoms with van der Waals surface area (Å²) < 4.78 is 10.6. The van der Waals surface area contributed by atoms with Crippen LogP contribution in [0.4, 0.5) is 0 Å². The van der Waals surface area contributed by atoms with E-state index in [9.17, 15) is 0 Å². The van der Waals surface area contributed by atoms with E-state index >= 15 is 0 Å². The van der Waals surface area contributed by atoms with Crippen LogP contribution in [0.3, 0.4) is 0 Å². The van der Waals surface area contributed by atoms with Gasteiger partial charge in [0.25, 0.3) is 0 Å². The van der Waals surface area contributed by atoms with E-state index in [1.54, 1.807) is 7.11 Å². The average Bonchev–Trinajstić information content (AvgIpc) is 1.99. The number of rotatable bonds is 1. The maximum Gasteiger partial charge on any atom is 0.159 e. The average molecular weight is 159 g/mol. The summed E-state index contributed by atoms with van der Waals surface area (Å²) in [7, 11) is 1.65. The van der Waals surface area contributed by atoms with E-state index in [1.165, 1.54) is 0 Å². The molecule has 0 aliphatic carbocycles. The summed E-state index contributed by atoms with van der Waals surface area (Å²) in [5, 5.41) is 0. The van der Waals surface area contributed by atoms with Gasteiger partial charge in [0.1, 0.15) is 0 Å². The van der Waals surface area contributed by atoms with Gasteiger partial charge in [-0.3, -0.25) is 0 Å². The Morgan fingerprint density at radius 1 is 1.45 bits per heavy atom. The quantitative estimate of drug-likeness (QED) is 0.613. The molecule has 1 saturated heterocycles. The second-order valence-corrected chi connectivity index (χ2v) is 3.27. The molecule has 1 aliphatic rings. The van der Waals surface area contributed by atoms with Crippen molar-refractivity contribution in [2.24, 2.45) is 11.7 Å². The SMILES string of the molecule is CO[C@H]1C[C@H](N)[C@H](C)[C@H](C)O1. The van der Waals surface area contributed by atoms with Crippen molar-refractivity contribution >= 4 is 0 Å². The molecule has 1 aliphatic heterocycles. The van der Waals surface area contributed by atoms with Gasteiger partial charge >= 0.3 is 0 Å². The highest BCUT2D eigenvalue weighted by atomic mass is 16.7. The molecule has 0 bridgehead atoms. The van der Waals surface area contributed by atoms with Gasteiger partial charge in [-0.05, 0) is 12.8 Å². The molecule has 3 heteroatoms. The zero-order chi connectivity index (χ0) is 8.43. The predicted octanol–water partition coefficient (Wildman–Crippen LogP) is 0.731. The highest BCUT2D eigenvalue weighted by Crippen LogP contribution is 2.23. The summed E-state index contributed by atoms with van der Waals surface area (Å²) in [6.45, 7) is 4.15. The predicted molar refractivity (Wildman–Crippen MR) is 43.1 cm³/mol. The fourth-order valence-corrected chi connectivity index (χ4v) is 1.36. The molecule has 2 N–H and O–H groups in total. The van der Waals surface area contributed by atoms with E-state index in [-0.39, 0.29) is 18.4 Å². The Morgan fingerprint density at radius 2 is 2.09 bits per heavy atom. The van der Waals surface area contributed by atoms with Gasteiger partial charge in [-0.1, -0.05) is 6.92 Å². The van der Waals surface area contributed by atoms with Crippen LogP contribution in [-0.4, -0.2) is 25.5 Å².